The SMILES string of the molecule is N#[N+]c1cc(Br)c(O)c(Br)c1. The summed E-state index contributed by atoms with van der Waals surface area (Å²) in [6, 6.07) is 3.00. The number of phenols is 1. The first-order valence-corrected chi connectivity index (χ1v) is 4.27. The molecule has 0 aromatic heterocycles. The normalized spacial score (nSPS) is 9.18. The molecule has 0 aliphatic heterocycles. The monoisotopic (exact) mass is 277 g/mol. The largest absolute Gasteiger partial charge is 0.506 e. The van der Waals surface area contributed by atoms with E-state index < -0.39 is 0 Å². The van der Waals surface area contributed by atoms with Gasteiger partial charge in [-0.15, -0.1) is 0 Å². The van der Waals surface area contributed by atoms with E-state index in [4.69, 9.17) is 5.39 Å². The summed E-state index contributed by atoms with van der Waals surface area (Å²) in [6.45, 7) is 0. The summed E-state index contributed by atoms with van der Waals surface area (Å²) in [5, 5.41) is 17.6. The third kappa shape index (κ3) is 1.70. The van der Waals surface area contributed by atoms with Crippen molar-refractivity contribution in [1.29, 1.82) is 5.39 Å². The molecule has 3 nitrogen and oxygen atoms in total. The van der Waals surface area contributed by atoms with Crippen molar-refractivity contribution in [3.05, 3.63) is 26.1 Å². The topological polar surface area (TPSA) is 48.4 Å². The number of halogens is 2. The highest BCUT2D eigenvalue weighted by atomic mass is 79.9. The van der Waals surface area contributed by atoms with E-state index in [-0.39, 0.29) is 5.75 Å². The van der Waals surface area contributed by atoms with Crippen molar-refractivity contribution >= 4 is 37.5 Å². The first-order valence-electron chi connectivity index (χ1n) is 2.68. The summed E-state index contributed by atoms with van der Waals surface area (Å²) in [5.74, 6) is 0.0948. The lowest BCUT2D eigenvalue weighted by atomic mass is 10.3. The maximum atomic E-state index is 9.21. The Bertz CT molecular complexity index is 309. The number of diazo groups is 1. The maximum Gasteiger partial charge on any atom is 0.387 e. The van der Waals surface area contributed by atoms with Gasteiger partial charge in [-0.25, -0.2) is 0 Å². The lowest BCUT2D eigenvalue weighted by molar-refractivity contribution is 0.468. The fraction of sp³-hybridized carbons (Fsp3) is 0. The molecule has 1 aromatic rings. The smallest absolute Gasteiger partial charge is 0.387 e. The molecule has 1 aromatic carbocycles. The molecule has 0 heterocycles. The van der Waals surface area contributed by atoms with Crippen LogP contribution in [0.2, 0.25) is 0 Å². The standard InChI is InChI=1S/C6H2Br2N2O/c7-4-1-3(10-9)2-5(8)6(4)11/h1-2H/p+1. The Hall–Kier alpha value is -0.600. The predicted octanol–water partition coefficient (Wildman–Crippen LogP) is 3.40. The van der Waals surface area contributed by atoms with E-state index in [1.165, 1.54) is 12.1 Å². The molecule has 1 N–H and O–H groups in total. The molecule has 0 unspecified atom stereocenters. The molecule has 56 valence electrons. The van der Waals surface area contributed by atoms with Gasteiger partial charge in [0, 0.05) is 0 Å². The fourth-order valence-electron chi connectivity index (χ4n) is 0.610. The molecule has 1 rings (SSSR count). The number of hydrogen-bond donors (Lipinski definition) is 1. The van der Waals surface area contributed by atoms with Crippen LogP contribution in [0.15, 0.2) is 21.1 Å². The molecule has 0 saturated carbocycles. The summed E-state index contributed by atoms with van der Waals surface area (Å²) in [4.78, 5) is 2.96. The molecule has 0 saturated heterocycles. The molecule has 0 aliphatic rings. The van der Waals surface area contributed by atoms with Crippen LogP contribution in [0.5, 0.6) is 5.75 Å². The van der Waals surface area contributed by atoms with Crippen LogP contribution in [0.3, 0.4) is 0 Å². The van der Waals surface area contributed by atoms with Gasteiger partial charge in [0.15, 0.2) is 4.98 Å². The predicted molar refractivity (Wildman–Crippen MR) is 48.3 cm³/mol. The summed E-state index contributed by atoms with van der Waals surface area (Å²) in [6.07, 6.45) is 0. The summed E-state index contributed by atoms with van der Waals surface area (Å²) >= 11 is 6.17. The summed E-state index contributed by atoms with van der Waals surface area (Å²) in [5.41, 5.74) is 0.376. The van der Waals surface area contributed by atoms with Gasteiger partial charge in [-0.1, -0.05) is 0 Å². The number of phenolic OH excluding ortho intramolecular Hbond substituents is 1. The fourth-order valence-corrected chi connectivity index (χ4v) is 1.77. The van der Waals surface area contributed by atoms with E-state index >= 15 is 0 Å². The van der Waals surface area contributed by atoms with E-state index in [1.54, 1.807) is 0 Å². The van der Waals surface area contributed by atoms with Crippen LogP contribution in [0.25, 0.3) is 4.98 Å². The third-order valence-corrected chi connectivity index (χ3v) is 2.33. The second kappa shape index (κ2) is 3.20. The van der Waals surface area contributed by atoms with Crippen molar-refractivity contribution in [3.8, 4) is 5.75 Å². The second-order valence-electron chi connectivity index (χ2n) is 1.86. The van der Waals surface area contributed by atoms with Crippen LogP contribution in [-0.2, 0) is 0 Å². The zero-order chi connectivity index (χ0) is 8.43. The van der Waals surface area contributed by atoms with Gasteiger partial charge in [-0.3, -0.25) is 0 Å². The van der Waals surface area contributed by atoms with Gasteiger partial charge < -0.3 is 5.11 Å². The second-order valence-corrected chi connectivity index (χ2v) is 3.57. The Morgan fingerprint density at radius 1 is 1.27 bits per heavy atom. The number of nitrogens with zero attached hydrogens (tertiary/aromatic N) is 2. The quantitative estimate of drug-likeness (QED) is 0.740. The van der Waals surface area contributed by atoms with Crippen molar-refractivity contribution in [3.63, 3.8) is 0 Å². The van der Waals surface area contributed by atoms with E-state index in [2.05, 4.69) is 36.8 Å². The van der Waals surface area contributed by atoms with Gasteiger partial charge in [-0.2, -0.15) is 0 Å². The molecule has 0 spiro atoms. The first-order chi connectivity index (χ1) is 5.15. The first kappa shape index (κ1) is 8.50. The minimum Gasteiger partial charge on any atom is -0.506 e. The van der Waals surface area contributed by atoms with Crippen molar-refractivity contribution in [2.24, 2.45) is 0 Å². The zero-order valence-corrected chi connectivity index (χ0v) is 8.42. The van der Waals surface area contributed by atoms with Crippen molar-refractivity contribution in [1.82, 2.24) is 0 Å². The molecule has 0 atom stereocenters. The summed E-state index contributed by atoms with van der Waals surface area (Å²) in [7, 11) is 0. The Morgan fingerprint density at radius 3 is 2.09 bits per heavy atom. The molecule has 0 aliphatic carbocycles. The average Bonchev–Trinajstić information content (AvgIpc) is 1.99. The highest BCUT2D eigenvalue weighted by molar-refractivity contribution is 9.11. The van der Waals surface area contributed by atoms with E-state index in [0.717, 1.165) is 0 Å². The third-order valence-electron chi connectivity index (χ3n) is 1.12. The van der Waals surface area contributed by atoms with Gasteiger partial charge in [0.1, 0.15) is 5.75 Å². The van der Waals surface area contributed by atoms with Crippen molar-refractivity contribution in [2.45, 2.75) is 0 Å². The van der Waals surface area contributed by atoms with Crippen LogP contribution >= 0.6 is 31.9 Å². The van der Waals surface area contributed by atoms with Gasteiger partial charge >= 0.3 is 5.69 Å². The molecular weight excluding hydrogens is 276 g/mol. The Kier molecular flexibility index (Phi) is 2.47. The lowest BCUT2D eigenvalue weighted by Gasteiger charge is -1.94. The molecule has 0 amide bonds. The lowest BCUT2D eigenvalue weighted by Crippen LogP contribution is -1.70. The van der Waals surface area contributed by atoms with E-state index in [9.17, 15) is 5.11 Å². The van der Waals surface area contributed by atoms with Gasteiger partial charge in [0.25, 0.3) is 0 Å². The van der Waals surface area contributed by atoms with Crippen molar-refractivity contribution in [2.75, 3.05) is 0 Å². The molecular formula is C6H3Br2N2O+. The number of hydrogen-bond acceptors (Lipinski definition) is 2. The van der Waals surface area contributed by atoms with Crippen LogP contribution in [0.1, 0.15) is 0 Å². The maximum absolute atomic E-state index is 9.21. The van der Waals surface area contributed by atoms with Crippen LogP contribution in [0.4, 0.5) is 5.69 Å². The number of benzene rings is 1. The highest BCUT2D eigenvalue weighted by Crippen LogP contribution is 2.35. The minimum atomic E-state index is 0.0948. The van der Waals surface area contributed by atoms with Gasteiger partial charge in [0.2, 0.25) is 5.39 Å². The molecule has 0 bridgehead atoms. The molecule has 5 heteroatoms. The van der Waals surface area contributed by atoms with Gasteiger partial charge in [-0.05, 0) is 31.9 Å². The van der Waals surface area contributed by atoms with Gasteiger partial charge in [0.05, 0.1) is 21.1 Å². The minimum absolute atomic E-state index is 0.0948. The zero-order valence-electron chi connectivity index (χ0n) is 5.25. The summed E-state index contributed by atoms with van der Waals surface area (Å²) < 4.78 is 0.972. The van der Waals surface area contributed by atoms with Crippen LogP contribution < -0.4 is 0 Å². The highest BCUT2D eigenvalue weighted by Gasteiger charge is 2.12. The van der Waals surface area contributed by atoms with E-state index in [0.29, 0.717) is 14.6 Å². The number of rotatable bonds is 0. The average molecular weight is 279 g/mol. The Morgan fingerprint density at radius 2 is 1.73 bits per heavy atom. The Balaban J connectivity index is 3.35. The van der Waals surface area contributed by atoms with E-state index in [1.807, 2.05) is 0 Å². The molecule has 0 radical (unpaired) electrons. The van der Waals surface area contributed by atoms with Crippen LogP contribution in [-0.4, -0.2) is 5.11 Å². The Labute approximate surface area is 79.9 Å². The molecule has 11 heavy (non-hydrogen) atoms. The van der Waals surface area contributed by atoms with Crippen molar-refractivity contribution < 1.29 is 5.11 Å². The molecule has 0 fully saturated rings. The van der Waals surface area contributed by atoms with Crippen LogP contribution in [0, 0.1) is 5.39 Å². The number of aromatic hydroxyl groups is 1.